The van der Waals surface area contributed by atoms with Gasteiger partial charge in [0.1, 0.15) is 12.6 Å². The average Bonchev–Trinajstić information content (AvgIpc) is 3.32. The molecule has 10 heteroatoms. The first kappa shape index (κ1) is 20.0. The molecule has 0 aromatic carbocycles. The van der Waals surface area contributed by atoms with E-state index in [1.165, 1.54) is 0 Å². The van der Waals surface area contributed by atoms with Gasteiger partial charge in [0, 0.05) is 38.8 Å². The van der Waals surface area contributed by atoms with Crippen molar-refractivity contribution in [1.29, 1.82) is 0 Å². The van der Waals surface area contributed by atoms with Crippen molar-refractivity contribution in [2.24, 2.45) is 0 Å². The zero-order valence-electron chi connectivity index (χ0n) is 16.9. The number of ether oxygens (including phenoxy) is 1. The van der Waals surface area contributed by atoms with Crippen LogP contribution in [0.3, 0.4) is 0 Å². The predicted molar refractivity (Wildman–Crippen MR) is 102 cm³/mol. The minimum absolute atomic E-state index is 0.126. The molecule has 2 aromatic heterocycles. The van der Waals surface area contributed by atoms with E-state index in [9.17, 15) is 9.90 Å². The average molecular weight is 404 g/mol. The summed E-state index contributed by atoms with van der Waals surface area (Å²) in [4.78, 5) is 19.0. The lowest BCUT2D eigenvalue weighted by molar-refractivity contribution is -0.182. The summed E-state index contributed by atoms with van der Waals surface area (Å²) in [6.45, 7) is 6.33. The van der Waals surface area contributed by atoms with E-state index >= 15 is 0 Å². The van der Waals surface area contributed by atoms with Crippen LogP contribution in [0, 0.1) is 6.92 Å². The number of nitrogens with zero attached hydrogens (tertiary/aromatic N) is 5. The maximum atomic E-state index is 12.5. The van der Waals surface area contributed by atoms with Crippen LogP contribution in [0.4, 0.5) is 0 Å². The molecule has 0 bridgehead atoms. The van der Waals surface area contributed by atoms with Gasteiger partial charge < -0.3 is 19.7 Å². The summed E-state index contributed by atoms with van der Waals surface area (Å²) in [7, 11) is 0. The Morgan fingerprint density at radius 1 is 1.41 bits per heavy atom. The molecule has 2 saturated heterocycles. The van der Waals surface area contributed by atoms with Gasteiger partial charge in [-0.05, 0) is 25.8 Å². The SMILES string of the molecule is Cc1nc(CN2CCC3(CC2)C[C@@](C)(NC(=O)Cn2cccn2)[C@H](O)CO3)no1. The summed E-state index contributed by atoms with van der Waals surface area (Å²) in [5.74, 6) is 1.09. The number of aliphatic hydroxyl groups excluding tert-OH is 1. The van der Waals surface area contributed by atoms with Gasteiger partial charge in [0.25, 0.3) is 0 Å². The second kappa shape index (κ2) is 7.85. The highest BCUT2D eigenvalue weighted by Gasteiger charge is 2.50. The molecule has 0 radical (unpaired) electrons. The van der Waals surface area contributed by atoms with Crippen molar-refractivity contribution in [3.63, 3.8) is 0 Å². The second-order valence-electron chi connectivity index (χ2n) is 8.36. The number of rotatable bonds is 5. The highest BCUT2D eigenvalue weighted by molar-refractivity contribution is 5.76. The highest BCUT2D eigenvalue weighted by Crippen LogP contribution is 2.39. The summed E-state index contributed by atoms with van der Waals surface area (Å²) in [6.07, 6.45) is 4.83. The van der Waals surface area contributed by atoms with Gasteiger partial charge >= 0.3 is 0 Å². The fourth-order valence-corrected chi connectivity index (χ4v) is 4.35. The van der Waals surface area contributed by atoms with Crippen molar-refractivity contribution in [1.82, 2.24) is 30.1 Å². The minimum Gasteiger partial charge on any atom is -0.388 e. The number of likely N-dealkylation sites (tertiary alicyclic amines) is 1. The monoisotopic (exact) mass is 404 g/mol. The molecule has 0 unspecified atom stereocenters. The molecule has 2 atom stereocenters. The van der Waals surface area contributed by atoms with Gasteiger partial charge in [-0.1, -0.05) is 5.16 Å². The van der Waals surface area contributed by atoms with Crippen LogP contribution in [0.25, 0.3) is 0 Å². The molecule has 1 spiro atoms. The third kappa shape index (κ3) is 4.49. The van der Waals surface area contributed by atoms with E-state index in [0.29, 0.717) is 24.7 Å². The van der Waals surface area contributed by atoms with Gasteiger partial charge in [-0.3, -0.25) is 14.4 Å². The quantitative estimate of drug-likeness (QED) is 0.729. The molecule has 2 aliphatic rings. The topological polar surface area (TPSA) is 119 Å². The Morgan fingerprint density at radius 2 is 2.21 bits per heavy atom. The molecule has 2 N–H and O–H groups in total. The van der Waals surface area contributed by atoms with Crippen molar-refractivity contribution in [2.75, 3.05) is 19.7 Å². The van der Waals surface area contributed by atoms with E-state index < -0.39 is 11.6 Å². The maximum Gasteiger partial charge on any atom is 0.242 e. The molecule has 4 rings (SSSR count). The number of amides is 1. The molecular weight excluding hydrogens is 376 g/mol. The van der Waals surface area contributed by atoms with E-state index in [4.69, 9.17) is 9.26 Å². The third-order valence-electron chi connectivity index (χ3n) is 5.96. The third-order valence-corrected chi connectivity index (χ3v) is 5.96. The smallest absolute Gasteiger partial charge is 0.242 e. The largest absolute Gasteiger partial charge is 0.388 e. The predicted octanol–water partition coefficient (Wildman–Crippen LogP) is 0.265. The number of aromatic nitrogens is 4. The number of aliphatic hydroxyl groups is 1. The Bertz CT molecular complexity index is 830. The van der Waals surface area contributed by atoms with E-state index in [-0.39, 0.29) is 24.7 Å². The van der Waals surface area contributed by atoms with Gasteiger partial charge in [-0.15, -0.1) is 0 Å². The molecular formula is C19H28N6O4. The van der Waals surface area contributed by atoms with Crippen LogP contribution >= 0.6 is 0 Å². The first-order chi connectivity index (χ1) is 13.9. The van der Waals surface area contributed by atoms with Crippen molar-refractivity contribution < 1.29 is 19.2 Å². The highest BCUT2D eigenvalue weighted by atomic mass is 16.5. The maximum absolute atomic E-state index is 12.5. The minimum atomic E-state index is -0.755. The Labute approximate surface area is 169 Å². The van der Waals surface area contributed by atoms with Crippen LogP contribution in [0.5, 0.6) is 0 Å². The van der Waals surface area contributed by atoms with Crippen LogP contribution in [-0.2, 0) is 22.6 Å². The van der Waals surface area contributed by atoms with E-state index in [2.05, 4.69) is 25.5 Å². The van der Waals surface area contributed by atoms with E-state index in [0.717, 1.165) is 25.9 Å². The number of nitrogens with one attached hydrogen (secondary N) is 1. The molecule has 2 aromatic rings. The summed E-state index contributed by atoms with van der Waals surface area (Å²) in [5, 5.41) is 21.6. The Morgan fingerprint density at radius 3 is 2.86 bits per heavy atom. The fraction of sp³-hybridized carbons (Fsp3) is 0.684. The summed E-state index contributed by atoms with van der Waals surface area (Å²) in [6, 6.07) is 1.77. The van der Waals surface area contributed by atoms with Crippen molar-refractivity contribution in [3.8, 4) is 0 Å². The number of carbonyl (C=O) groups is 1. The van der Waals surface area contributed by atoms with Crippen LogP contribution in [0.2, 0.25) is 0 Å². The molecule has 1 amide bonds. The molecule has 0 aliphatic carbocycles. The van der Waals surface area contributed by atoms with Gasteiger partial charge in [0.2, 0.25) is 11.8 Å². The molecule has 0 saturated carbocycles. The molecule has 10 nitrogen and oxygen atoms in total. The summed E-state index contributed by atoms with van der Waals surface area (Å²) < 4.78 is 12.7. The Kier molecular flexibility index (Phi) is 5.41. The standard InChI is InChI=1S/C19H28N6O4/c1-14-21-16(23-29-14)10-24-8-4-19(5-9-24)13-18(2,15(26)12-28-19)22-17(27)11-25-7-3-6-20-25/h3,6-7,15,26H,4-5,8-13H2,1-2H3,(H,22,27)/t15-,18-/m1/s1. The number of aryl methyl sites for hydroxylation is 1. The number of hydrogen-bond acceptors (Lipinski definition) is 8. The molecule has 2 fully saturated rings. The Hall–Kier alpha value is -2.30. The lowest BCUT2D eigenvalue weighted by atomic mass is 9.74. The zero-order chi connectivity index (χ0) is 20.5. The first-order valence-electron chi connectivity index (χ1n) is 9.98. The normalized spacial score (nSPS) is 27.2. The van der Waals surface area contributed by atoms with Crippen LogP contribution in [0.1, 0.15) is 37.9 Å². The van der Waals surface area contributed by atoms with Gasteiger partial charge in [-0.2, -0.15) is 10.1 Å². The van der Waals surface area contributed by atoms with Gasteiger partial charge in [-0.25, -0.2) is 0 Å². The van der Waals surface area contributed by atoms with Crippen LogP contribution in [0.15, 0.2) is 23.0 Å². The molecule has 29 heavy (non-hydrogen) atoms. The lowest BCUT2D eigenvalue weighted by Gasteiger charge is -2.52. The van der Waals surface area contributed by atoms with Crippen molar-refractivity contribution in [3.05, 3.63) is 30.2 Å². The van der Waals surface area contributed by atoms with Gasteiger partial charge in [0.05, 0.1) is 24.3 Å². The van der Waals surface area contributed by atoms with Crippen LogP contribution in [-0.4, -0.2) is 72.8 Å². The van der Waals surface area contributed by atoms with E-state index in [1.807, 2.05) is 6.92 Å². The number of piperidine rings is 1. The number of hydrogen-bond donors (Lipinski definition) is 2. The molecule has 2 aliphatic heterocycles. The fourth-order valence-electron chi connectivity index (χ4n) is 4.35. The summed E-state index contributed by atoms with van der Waals surface area (Å²) in [5.41, 5.74) is -1.09. The van der Waals surface area contributed by atoms with Crippen LogP contribution < -0.4 is 5.32 Å². The van der Waals surface area contributed by atoms with Crippen molar-refractivity contribution in [2.45, 2.75) is 63.4 Å². The van der Waals surface area contributed by atoms with Gasteiger partial charge in [0.15, 0.2) is 5.82 Å². The Balaban J connectivity index is 1.36. The number of carbonyl (C=O) groups excluding carboxylic acids is 1. The van der Waals surface area contributed by atoms with Crippen molar-refractivity contribution >= 4 is 5.91 Å². The molecule has 158 valence electrons. The second-order valence-corrected chi connectivity index (χ2v) is 8.36. The zero-order valence-corrected chi connectivity index (χ0v) is 16.9. The molecule has 4 heterocycles. The first-order valence-corrected chi connectivity index (χ1v) is 9.98. The van der Waals surface area contributed by atoms with E-state index in [1.54, 1.807) is 30.1 Å². The summed E-state index contributed by atoms with van der Waals surface area (Å²) >= 11 is 0. The lowest BCUT2D eigenvalue weighted by Crippen LogP contribution is -2.65.